The van der Waals surface area contributed by atoms with E-state index < -0.39 is 4.92 Å². The summed E-state index contributed by atoms with van der Waals surface area (Å²) in [4.78, 5) is 22.2. The van der Waals surface area contributed by atoms with Gasteiger partial charge in [-0.3, -0.25) is 14.9 Å². The van der Waals surface area contributed by atoms with Gasteiger partial charge in [0.15, 0.2) is 5.78 Å². The molecule has 0 radical (unpaired) electrons. The fourth-order valence-corrected chi connectivity index (χ4v) is 2.33. The summed E-state index contributed by atoms with van der Waals surface area (Å²) in [5.41, 5.74) is 0.198. The van der Waals surface area contributed by atoms with Crippen molar-refractivity contribution in [1.82, 2.24) is 10.2 Å². The van der Waals surface area contributed by atoms with Crippen LogP contribution in [0.15, 0.2) is 24.3 Å². The quantitative estimate of drug-likeness (QED) is 0.500. The first-order chi connectivity index (χ1) is 9.97. The highest BCUT2D eigenvalue weighted by atomic mass is 32.1. The van der Waals surface area contributed by atoms with E-state index in [1.54, 1.807) is 6.07 Å². The second-order valence-electron chi connectivity index (χ2n) is 4.68. The van der Waals surface area contributed by atoms with Crippen LogP contribution in [0.4, 0.5) is 10.8 Å². The Hall–Kier alpha value is -2.35. The maximum atomic E-state index is 12.0. The molecule has 0 saturated carbocycles. The standard InChI is InChI=1S/C13H14N4O3S/c1-8(2)12-15-16-13(21-12)14-7-11(18)9-4-3-5-10(6-9)17(19)20/h3-6,8H,7H2,1-2H3,(H,14,16). The van der Waals surface area contributed by atoms with Crippen molar-refractivity contribution in [2.45, 2.75) is 19.8 Å². The van der Waals surface area contributed by atoms with Gasteiger partial charge in [-0.2, -0.15) is 0 Å². The van der Waals surface area contributed by atoms with Crippen molar-refractivity contribution in [3.05, 3.63) is 45.0 Å². The van der Waals surface area contributed by atoms with Crippen molar-refractivity contribution < 1.29 is 9.72 Å². The molecule has 0 atom stereocenters. The molecule has 1 aromatic heterocycles. The minimum Gasteiger partial charge on any atom is -0.353 e. The van der Waals surface area contributed by atoms with Crippen LogP contribution in [-0.4, -0.2) is 27.4 Å². The molecule has 2 aromatic rings. The summed E-state index contributed by atoms with van der Waals surface area (Å²) in [7, 11) is 0. The SMILES string of the molecule is CC(C)c1nnc(NCC(=O)c2cccc([N+](=O)[O-])c2)s1. The number of carbonyl (C=O) groups excluding carboxylic acids is 1. The number of nitro groups is 1. The number of nitro benzene ring substituents is 1. The Morgan fingerprint density at radius 3 is 2.81 bits per heavy atom. The van der Waals surface area contributed by atoms with Crippen LogP contribution in [-0.2, 0) is 0 Å². The number of nitrogens with zero attached hydrogens (tertiary/aromatic N) is 3. The van der Waals surface area contributed by atoms with Crippen molar-refractivity contribution in [3.8, 4) is 0 Å². The number of carbonyl (C=O) groups is 1. The zero-order chi connectivity index (χ0) is 15.4. The Kier molecular flexibility index (Phi) is 4.59. The number of aromatic nitrogens is 2. The van der Waals surface area contributed by atoms with Crippen LogP contribution >= 0.6 is 11.3 Å². The predicted octanol–water partition coefficient (Wildman–Crippen LogP) is 2.86. The minimum atomic E-state index is -0.524. The van der Waals surface area contributed by atoms with Crippen LogP contribution < -0.4 is 5.32 Å². The molecule has 21 heavy (non-hydrogen) atoms. The summed E-state index contributed by atoms with van der Waals surface area (Å²) in [6.45, 7) is 4.05. The van der Waals surface area contributed by atoms with E-state index in [4.69, 9.17) is 0 Å². The zero-order valence-electron chi connectivity index (χ0n) is 11.6. The van der Waals surface area contributed by atoms with Crippen LogP contribution in [0.25, 0.3) is 0 Å². The van der Waals surface area contributed by atoms with Gasteiger partial charge in [0, 0.05) is 23.6 Å². The molecule has 110 valence electrons. The largest absolute Gasteiger partial charge is 0.353 e. The number of hydrogen-bond donors (Lipinski definition) is 1. The Labute approximate surface area is 125 Å². The third-order valence-electron chi connectivity index (χ3n) is 2.71. The summed E-state index contributed by atoms with van der Waals surface area (Å²) >= 11 is 1.39. The Balaban J connectivity index is 2.01. The molecule has 0 fully saturated rings. The van der Waals surface area contributed by atoms with Gasteiger partial charge in [-0.25, -0.2) is 0 Å². The highest BCUT2D eigenvalue weighted by molar-refractivity contribution is 7.15. The minimum absolute atomic E-state index is 0.0217. The fourth-order valence-electron chi connectivity index (χ4n) is 1.59. The van der Waals surface area contributed by atoms with E-state index in [-0.39, 0.29) is 23.9 Å². The Morgan fingerprint density at radius 1 is 1.43 bits per heavy atom. The third-order valence-corrected chi connectivity index (χ3v) is 3.90. The molecule has 1 heterocycles. The van der Waals surface area contributed by atoms with Gasteiger partial charge in [-0.1, -0.05) is 37.3 Å². The lowest BCUT2D eigenvalue weighted by Crippen LogP contribution is -2.14. The van der Waals surface area contributed by atoms with Gasteiger partial charge in [0.25, 0.3) is 5.69 Å². The topological polar surface area (TPSA) is 98.0 Å². The van der Waals surface area contributed by atoms with Crippen molar-refractivity contribution in [2.75, 3.05) is 11.9 Å². The molecule has 0 aliphatic rings. The Morgan fingerprint density at radius 2 is 2.19 bits per heavy atom. The first-order valence-electron chi connectivity index (χ1n) is 6.32. The molecular weight excluding hydrogens is 292 g/mol. The summed E-state index contributed by atoms with van der Waals surface area (Å²) in [6.07, 6.45) is 0. The molecule has 0 saturated heterocycles. The van der Waals surface area contributed by atoms with Crippen molar-refractivity contribution in [1.29, 1.82) is 0 Å². The lowest BCUT2D eigenvalue weighted by atomic mass is 10.1. The van der Waals surface area contributed by atoms with Gasteiger partial charge in [-0.05, 0) is 0 Å². The summed E-state index contributed by atoms with van der Waals surface area (Å²) in [6, 6.07) is 5.66. The van der Waals surface area contributed by atoms with Crippen LogP contribution in [0.5, 0.6) is 0 Å². The van der Waals surface area contributed by atoms with Crippen LogP contribution in [0.2, 0.25) is 0 Å². The number of anilines is 1. The lowest BCUT2D eigenvalue weighted by molar-refractivity contribution is -0.384. The molecule has 0 unspecified atom stereocenters. The second kappa shape index (κ2) is 6.40. The number of ketones is 1. The molecule has 1 N–H and O–H groups in total. The van der Waals surface area contributed by atoms with Gasteiger partial charge in [0.2, 0.25) is 5.13 Å². The van der Waals surface area contributed by atoms with Crippen LogP contribution in [0.3, 0.4) is 0 Å². The van der Waals surface area contributed by atoms with Crippen LogP contribution in [0, 0.1) is 10.1 Å². The van der Waals surface area contributed by atoms with E-state index >= 15 is 0 Å². The average molecular weight is 306 g/mol. The maximum absolute atomic E-state index is 12.0. The number of benzene rings is 1. The van der Waals surface area contributed by atoms with Crippen molar-refractivity contribution in [3.63, 3.8) is 0 Å². The second-order valence-corrected chi connectivity index (χ2v) is 5.69. The van der Waals surface area contributed by atoms with Gasteiger partial charge in [0.1, 0.15) is 5.01 Å². The smallest absolute Gasteiger partial charge is 0.270 e. The molecule has 8 heteroatoms. The highest BCUT2D eigenvalue weighted by Crippen LogP contribution is 2.22. The molecule has 0 amide bonds. The van der Waals surface area contributed by atoms with E-state index in [1.807, 2.05) is 13.8 Å². The number of nitrogens with one attached hydrogen (secondary N) is 1. The van der Waals surface area contributed by atoms with Gasteiger partial charge >= 0.3 is 0 Å². The van der Waals surface area contributed by atoms with E-state index in [2.05, 4.69) is 15.5 Å². The first kappa shape index (κ1) is 15.0. The van der Waals surface area contributed by atoms with Crippen LogP contribution in [0.1, 0.15) is 35.1 Å². The van der Waals surface area contributed by atoms with Gasteiger partial charge < -0.3 is 5.32 Å². The normalized spacial score (nSPS) is 10.6. The molecule has 0 spiro atoms. The predicted molar refractivity (Wildman–Crippen MR) is 79.9 cm³/mol. The summed E-state index contributed by atoms with van der Waals surface area (Å²) in [5.74, 6) is 0.0468. The monoisotopic (exact) mass is 306 g/mol. The zero-order valence-corrected chi connectivity index (χ0v) is 12.4. The van der Waals surface area contributed by atoms with E-state index in [1.165, 1.54) is 29.5 Å². The molecule has 1 aromatic carbocycles. The average Bonchev–Trinajstić information content (AvgIpc) is 2.94. The summed E-state index contributed by atoms with van der Waals surface area (Å²) in [5, 5.41) is 23.0. The van der Waals surface area contributed by atoms with E-state index in [0.717, 1.165) is 5.01 Å². The fraction of sp³-hybridized carbons (Fsp3) is 0.308. The molecule has 0 aliphatic carbocycles. The van der Waals surface area contributed by atoms with Crippen molar-refractivity contribution >= 4 is 27.9 Å². The number of hydrogen-bond acceptors (Lipinski definition) is 7. The molecule has 2 rings (SSSR count). The highest BCUT2D eigenvalue weighted by Gasteiger charge is 2.13. The third kappa shape index (κ3) is 3.82. The molecule has 0 bridgehead atoms. The number of non-ortho nitro benzene ring substituents is 1. The number of rotatable bonds is 6. The molecule has 0 aliphatic heterocycles. The summed E-state index contributed by atoms with van der Waals surface area (Å²) < 4.78 is 0. The van der Waals surface area contributed by atoms with E-state index in [9.17, 15) is 14.9 Å². The van der Waals surface area contributed by atoms with E-state index in [0.29, 0.717) is 10.7 Å². The Bertz CT molecular complexity index is 669. The maximum Gasteiger partial charge on any atom is 0.270 e. The number of Topliss-reactive ketones (excluding diaryl/α,β-unsaturated/α-hetero) is 1. The van der Waals surface area contributed by atoms with Gasteiger partial charge in [-0.15, -0.1) is 10.2 Å². The lowest BCUT2D eigenvalue weighted by Gasteiger charge is -2.02. The molecular formula is C13H14N4O3S. The molecule has 7 nitrogen and oxygen atoms in total. The van der Waals surface area contributed by atoms with Gasteiger partial charge in [0.05, 0.1) is 11.5 Å². The van der Waals surface area contributed by atoms with Crippen molar-refractivity contribution in [2.24, 2.45) is 0 Å². The first-order valence-corrected chi connectivity index (χ1v) is 7.14.